The van der Waals surface area contributed by atoms with Crippen LogP contribution < -0.4 is 20.8 Å². The number of hydrogen-bond donors (Lipinski definition) is 1. The van der Waals surface area contributed by atoms with E-state index < -0.39 is 6.09 Å². The molecule has 3 heterocycles. The van der Waals surface area contributed by atoms with Gasteiger partial charge in [0.05, 0.1) is 31.8 Å². The first-order valence-electron chi connectivity index (χ1n) is 10.2. The third-order valence-electron chi connectivity index (χ3n) is 5.78. The Morgan fingerprint density at radius 1 is 1.19 bits per heavy atom. The minimum absolute atomic E-state index is 0.0972. The fourth-order valence-electron chi connectivity index (χ4n) is 4.17. The first-order chi connectivity index (χ1) is 15.4. The van der Waals surface area contributed by atoms with Crippen LogP contribution in [-0.2, 0) is 18.3 Å². The molecule has 3 aromatic rings. The summed E-state index contributed by atoms with van der Waals surface area (Å²) >= 11 is 0. The van der Waals surface area contributed by atoms with Gasteiger partial charge in [-0.15, -0.1) is 0 Å². The first-order valence-corrected chi connectivity index (χ1v) is 10.2. The van der Waals surface area contributed by atoms with E-state index in [0.717, 1.165) is 35.2 Å². The van der Waals surface area contributed by atoms with Gasteiger partial charge in [0.2, 0.25) is 0 Å². The molecular formula is C23H26N4O5. The van der Waals surface area contributed by atoms with E-state index in [-0.39, 0.29) is 11.5 Å². The van der Waals surface area contributed by atoms with Crippen LogP contribution in [0.2, 0.25) is 0 Å². The number of nitrogens with two attached hydrogens (primary N) is 1. The number of carbonyl (C=O) groups is 1. The zero-order chi connectivity index (χ0) is 22.8. The molecule has 9 heteroatoms. The summed E-state index contributed by atoms with van der Waals surface area (Å²) in [5.41, 5.74) is 7.64. The minimum Gasteiger partial charge on any atom is -0.496 e. The molecule has 0 spiro atoms. The van der Waals surface area contributed by atoms with E-state index in [4.69, 9.17) is 19.9 Å². The maximum atomic E-state index is 12.5. The molecule has 9 nitrogen and oxygen atoms in total. The number of pyridine rings is 2. The molecule has 4 rings (SSSR count). The van der Waals surface area contributed by atoms with Gasteiger partial charge >= 0.3 is 6.09 Å². The highest BCUT2D eigenvalue weighted by atomic mass is 16.5. The Labute approximate surface area is 185 Å². The maximum absolute atomic E-state index is 12.5. The van der Waals surface area contributed by atoms with Gasteiger partial charge in [0.25, 0.3) is 5.56 Å². The Morgan fingerprint density at radius 3 is 2.50 bits per heavy atom. The molecule has 1 amide bonds. The van der Waals surface area contributed by atoms with Crippen molar-refractivity contribution < 1.29 is 19.0 Å². The highest BCUT2D eigenvalue weighted by molar-refractivity contribution is 5.95. The predicted molar refractivity (Wildman–Crippen MR) is 120 cm³/mol. The maximum Gasteiger partial charge on any atom is 0.404 e. The molecule has 1 aliphatic rings. The van der Waals surface area contributed by atoms with Gasteiger partial charge in [-0.25, -0.2) is 4.79 Å². The summed E-state index contributed by atoms with van der Waals surface area (Å²) in [7, 11) is 4.98. The minimum atomic E-state index is -0.746. The van der Waals surface area contributed by atoms with Gasteiger partial charge in [0.1, 0.15) is 11.5 Å². The topological polar surface area (TPSA) is 109 Å². The van der Waals surface area contributed by atoms with Crippen molar-refractivity contribution in [3.8, 4) is 22.6 Å². The molecule has 1 aromatic carbocycles. The molecule has 0 aliphatic carbocycles. The molecular weight excluding hydrogens is 412 g/mol. The Kier molecular flexibility index (Phi) is 6.00. The van der Waals surface area contributed by atoms with Gasteiger partial charge in [-0.05, 0) is 29.1 Å². The molecule has 2 N–H and O–H groups in total. The van der Waals surface area contributed by atoms with E-state index in [2.05, 4.69) is 9.88 Å². The third-order valence-corrected chi connectivity index (χ3v) is 5.78. The van der Waals surface area contributed by atoms with Crippen LogP contribution in [0.4, 0.5) is 4.79 Å². The summed E-state index contributed by atoms with van der Waals surface area (Å²) < 4.78 is 17.9. The molecule has 0 radical (unpaired) electrons. The van der Waals surface area contributed by atoms with Crippen LogP contribution in [0.1, 0.15) is 5.56 Å². The number of fused-ring (bicyclic) bond motifs is 1. The lowest BCUT2D eigenvalue weighted by Gasteiger charge is -2.39. The van der Waals surface area contributed by atoms with Crippen molar-refractivity contribution in [1.29, 1.82) is 0 Å². The molecule has 1 aliphatic heterocycles. The van der Waals surface area contributed by atoms with Crippen LogP contribution in [0.3, 0.4) is 0 Å². The Balaban J connectivity index is 1.66. The van der Waals surface area contributed by atoms with E-state index in [9.17, 15) is 9.59 Å². The Hall–Kier alpha value is -3.59. The second-order valence-electron chi connectivity index (χ2n) is 7.93. The number of aromatic nitrogens is 2. The zero-order valence-electron chi connectivity index (χ0n) is 18.3. The number of nitrogens with zero attached hydrogens (tertiary/aromatic N) is 3. The van der Waals surface area contributed by atoms with Crippen LogP contribution in [0.25, 0.3) is 21.9 Å². The number of ether oxygens (including phenoxy) is 3. The van der Waals surface area contributed by atoms with Crippen molar-refractivity contribution in [1.82, 2.24) is 14.5 Å². The van der Waals surface area contributed by atoms with Gasteiger partial charge in [-0.1, -0.05) is 0 Å². The molecule has 1 saturated heterocycles. The Bertz CT molecular complexity index is 1190. The quantitative estimate of drug-likeness (QED) is 0.602. The largest absolute Gasteiger partial charge is 0.496 e. The predicted octanol–water partition coefficient (Wildman–Crippen LogP) is 2.14. The number of likely N-dealkylation sites (tertiary alicyclic amines) is 1. The number of hydrogen-bond acceptors (Lipinski definition) is 7. The third kappa shape index (κ3) is 4.11. The molecule has 32 heavy (non-hydrogen) atoms. The number of benzene rings is 1. The summed E-state index contributed by atoms with van der Waals surface area (Å²) in [5.74, 6) is 1.67. The van der Waals surface area contributed by atoms with E-state index >= 15 is 0 Å². The molecule has 168 valence electrons. The normalized spacial score (nSPS) is 14.2. The second-order valence-corrected chi connectivity index (χ2v) is 7.93. The second kappa shape index (κ2) is 8.88. The zero-order valence-corrected chi connectivity index (χ0v) is 18.3. The lowest BCUT2D eigenvalue weighted by Crippen LogP contribution is -2.48. The van der Waals surface area contributed by atoms with E-state index in [0.29, 0.717) is 30.0 Å². The summed E-state index contributed by atoms with van der Waals surface area (Å²) in [6, 6.07) is 5.77. The number of amides is 1. The van der Waals surface area contributed by atoms with Crippen LogP contribution >= 0.6 is 0 Å². The van der Waals surface area contributed by atoms with Crippen LogP contribution in [0.5, 0.6) is 11.5 Å². The van der Waals surface area contributed by atoms with E-state index in [1.807, 2.05) is 24.4 Å². The molecule has 0 atom stereocenters. The average Bonchev–Trinajstić information content (AvgIpc) is 2.77. The smallest absolute Gasteiger partial charge is 0.404 e. The standard InChI is InChI=1S/C23H26N4O5/c1-26-11-18(16-4-5-25-8-17(16)22(26)28)15-6-20(30-2)19(21(7-15)31-3)12-27-9-14(10-27)13-32-23(24)29/h4-8,11,14H,9-10,12-13H2,1-3H3,(H2,24,29). The Morgan fingerprint density at radius 2 is 1.88 bits per heavy atom. The molecule has 2 aromatic heterocycles. The number of carbonyl (C=O) groups excluding carboxylic acids is 1. The van der Waals surface area contributed by atoms with Crippen molar-refractivity contribution in [2.24, 2.45) is 18.7 Å². The molecule has 1 fully saturated rings. The monoisotopic (exact) mass is 438 g/mol. The van der Waals surface area contributed by atoms with Crippen LogP contribution in [0, 0.1) is 5.92 Å². The van der Waals surface area contributed by atoms with E-state index in [1.54, 1.807) is 38.2 Å². The summed E-state index contributed by atoms with van der Waals surface area (Å²) in [6.07, 6.45) is 4.34. The SMILES string of the molecule is COc1cc(-c2cn(C)c(=O)c3cnccc23)cc(OC)c1CN1CC(COC(N)=O)C1. The van der Waals surface area contributed by atoms with Crippen molar-refractivity contribution in [3.05, 3.63) is 52.7 Å². The molecule has 0 unspecified atom stereocenters. The van der Waals surface area contributed by atoms with Gasteiger partial charge in [-0.2, -0.15) is 0 Å². The number of methoxy groups -OCH3 is 2. The van der Waals surface area contributed by atoms with Gasteiger partial charge < -0.3 is 24.5 Å². The highest BCUT2D eigenvalue weighted by Crippen LogP contribution is 2.38. The van der Waals surface area contributed by atoms with Crippen molar-refractivity contribution in [2.75, 3.05) is 33.9 Å². The van der Waals surface area contributed by atoms with Gasteiger partial charge in [-0.3, -0.25) is 14.7 Å². The summed E-state index contributed by atoms with van der Waals surface area (Å²) in [6.45, 7) is 2.55. The number of primary amides is 1. The molecule has 0 saturated carbocycles. The van der Waals surface area contributed by atoms with Gasteiger partial charge in [0.15, 0.2) is 0 Å². The first kappa shape index (κ1) is 21.6. The fraction of sp³-hybridized carbons (Fsp3) is 0.348. The fourth-order valence-corrected chi connectivity index (χ4v) is 4.17. The van der Waals surface area contributed by atoms with Crippen molar-refractivity contribution >= 4 is 16.9 Å². The number of rotatable bonds is 7. The lowest BCUT2D eigenvalue weighted by atomic mass is 9.97. The highest BCUT2D eigenvalue weighted by Gasteiger charge is 2.29. The average molecular weight is 438 g/mol. The van der Waals surface area contributed by atoms with Crippen LogP contribution in [0.15, 0.2) is 41.6 Å². The van der Waals surface area contributed by atoms with Crippen molar-refractivity contribution in [3.63, 3.8) is 0 Å². The summed E-state index contributed by atoms with van der Waals surface area (Å²) in [5, 5.41) is 1.37. The molecule has 0 bridgehead atoms. The summed E-state index contributed by atoms with van der Waals surface area (Å²) in [4.78, 5) is 29.6. The van der Waals surface area contributed by atoms with E-state index in [1.165, 1.54) is 0 Å². The van der Waals surface area contributed by atoms with Crippen molar-refractivity contribution in [2.45, 2.75) is 6.54 Å². The van der Waals surface area contributed by atoms with Gasteiger partial charge in [0, 0.05) is 56.8 Å². The van der Waals surface area contributed by atoms with Crippen LogP contribution in [-0.4, -0.2) is 54.5 Å². The number of aryl methyl sites for hydroxylation is 1. The lowest BCUT2D eigenvalue weighted by molar-refractivity contribution is 0.0373.